The van der Waals surface area contributed by atoms with Gasteiger partial charge in [-0.25, -0.2) is 0 Å². The Morgan fingerprint density at radius 3 is 2.31 bits per heavy atom. The molecule has 0 saturated carbocycles. The smallest absolute Gasteiger partial charge is 0.257 e. The maximum atomic E-state index is 12.6. The number of carbonyl (C=O) groups is 2. The number of anilines is 3. The van der Waals surface area contributed by atoms with Gasteiger partial charge in [-0.1, -0.05) is 29.8 Å². The van der Waals surface area contributed by atoms with E-state index in [-0.39, 0.29) is 34.2 Å². The van der Waals surface area contributed by atoms with Gasteiger partial charge < -0.3 is 21.1 Å². The topological polar surface area (TPSA) is 93.5 Å². The predicted octanol–water partition coefficient (Wildman–Crippen LogP) is 4.43. The molecule has 3 rings (SSSR count). The van der Waals surface area contributed by atoms with Gasteiger partial charge in [0, 0.05) is 40.1 Å². The third-order valence-electron chi connectivity index (χ3n) is 4.01. The van der Waals surface area contributed by atoms with Crippen molar-refractivity contribution in [1.29, 1.82) is 0 Å². The third-order valence-corrected chi connectivity index (χ3v) is 4.34. The molecule has 0 saturated heterocycles. The van der Waals surface area contributed by atoms with Crippen LogP contribution in [0.15, 0.2) is 66.7 Å². The maximum Gasteiger partial charge on any atom is 0.257 e. The van der Waals surface area contributed by atoms with E-state index in [1.54, 1.807) is 60.7 Å². The Labute approximate surface area is 183 Å². The molecule has 3 aromatic rings. The van der Waals surface area contributed by atoms with Crippen molar-refractivity contribution in [1.82, 2.24) is 0 Å². The van der Waals surface area contributed by atoms with E-state index in [0.717, 1.165) is 0 Å². The van der Waals surface area contributed by atoms with Crippen molar-refractivity contribution in [2.75, 3.05) is 23.5 Å². The Morgan fingerprint density at radius 1 is 0.931 bits per heavy atom. The Kier molecular flexibility index (Phi) is 7.67. The predicted molar refractivity (Wildman–Crippen MR) is 111 cm³/mol. The minimum absolute atomic E-state index is 0. The molecule has 29 heavy (non-hydrogen) atoms. The molecule has 0 atom stereocenters. The summed E-state index contributed by atoms with van der Waals surface area (Å²) in [5.74, 6) is -0.133. The molecule has 0 aliphatic carbocycles. The molecule has 0 bridgehead atoms. The number of carbonyl (C=O) groups excluding carboxylic acids is 2. The number of hydrogen-bond acceptors (Lipinski definition) is 4. The van der Waals surface area contributed by atoms with Crippen LogP contribution in [0.2, 0.25) is 5.02 Å². The van der Waals surface area contributed by atoms with Gasteiger partial charge in [-0.2, -0.15) is 0 Å². The fourth-order valence-corrected chi connectivity index (χ4v) is 2.72. The molecule has 150 valence electrons. The second kappa shape index (κ2) is 9.98. The van der Waals surface area contributed by atoms with Crippen LogP contribution in [-0.4, -0.2) is 18.9 Å². The minimum Gasteiger partial charge on any atom is -0.497 e. The van der Waals surface area contributed by atoms with Crippen molar-refractivity contribution in [3.8, 4) is 5.75 Å². The Hall–Kier alpha value is -2.99. The number of amides is 2. The first-order valence-electron chi connectivity index (χ1n) is 8.39. The summed E-state index contributed by atoms with van der Waals surface area (Å²) in [5, 5.41) is 5.82. The Bertz CT molecular complexity index is 1030. The average Bonchev–Trinajstić information content (AvgIpc) is 2.70. The summed E-state index contributed by atoms with van der Waals surface area (Å²) in [5.41, 5.74) is 7.86. The standard InChI is InChI=1S/C21H18ClN3O3.Fe/c1-28-15-8-9-16(18(23)12-15)21(27)25-19-11-14(7-10-17(19)22)24-20(26)13-5-3-2-4-6-13;/h2-12H,23H2,1H3,(H,24,26)(H,25,27);. The van der Waals surface area contributed by atoms with E-state index in [1.807, 2.05) is 6.07 Å². The number of rotatable bonds is 5. The van der Waals surface area contributed by atoms with Crippen LogP contribution in [0.3, 0.4) is 0 Å². The number of ether oxygens (including phenoxy) is 1. The summed E-state index contributed by atoms with van der Waals surface area (Å²) in [6, 6.07) is 18.4. The summed E-state index contributed by atoms with van der Waals surface area (Å²) < 4.78 is 5.08. The number of nitrogens with one attached hydrogen (secondary N) is 2. The van der Waals surface area contributed by atoms with E-state index in [0.29, 0.717) is 27.7 Å². The molecule has 2 amide bonds. The van der Waals surface area contributed by atoms with Crippen molar-refractivity contribution in [2.24, 2.45) is 0 Å². The van der Waals surface area contributed by atoms with Gasteiger partial charge in [-0.05, 0) is 42.5 Å². The summed E-state index contributed by atoms with van der Waals surface area (Å²) in [4.78, 5) is 24.9. The molecule has 4 N–H and O–H groups in total. The normalized spacial score (nSPS) is 9.86. The number of halogens is 1. The number of benzene rings is 3. The van der Waals surface area contributed by atoms with Crippen LogP contribution in [0.1, 0.15) is 20.7 Å². The first-order chi connectivity index (χ1) is 13.5. The summed E-state index contributed by atoms with van der Waals surface area (Å²) in [6.45, 7) is 0. The molecule has 0 aromatic heterocycles. The summed E-state index contributed by atoms with van der Waals surface area (Å²) >= 11 is 6.19. The van der Waals surface area contributed by atoms with Crippen molar-refractivity contribution in [2.45, 2.75) is 0 Å². The number of nitrogens with two attached hydrogens (primary N) is 1. The molecule has 3 aromatic carbocycles. The van der Waals surface area contributed by atoms with Gasteiger partial charge >= 0.3 is 0 Å². The van der Waals surface area contributed by atoms with E-state index < -0.39 is 5.91 Å². The van der Waals surface area contributed by atoms with E-state index >= 15 is 0 Å². The van der Waals surface area contributed by atoms with Crippen LogP contribution in [0, 0.1) is 0 Å². The van der Waals surface area contributed by atoms with Crippen molar-refractivity contribution in [3.63, 3.8) is 0 Å². The van der Waals surface area contributed by atoms with Crippen LogP contribution in [-0.2, 0) is 17.1 Å². The number of nitrogen functional groups attached to an aromatic ring is 1. The zero-order valence-electron chi connectivity index (χ0n) is 15.4. The molecule has 0 radical (unpaired) electrons. The van der Waals surface area contributed by atoms with Gasteiger partial charge in [0.1, 0.15) is 5.75 Å². The second-order valence-corrected chi connectivity index (χ2v) is 6.33. The van der Waals surface area contributed by atoms with Gasteiger partial charge in [0.2, 0.25) is 0 Å². The third kappa shape index (κ3) is 5.51. The first-order valence-corrected chi connectivity index (χ1v) is 8.76. The molecule has 8 heteroatoms. The summed E-state index contributed by atoms with van der Waals surface area (Å²) in [7, 11) is 1.52. The first kappa shape index (κ1) is 22.3. The molecule has 6 nitrogen and oxygen atoms in total. The Balaban J connectivity index is 0.00000300. The van der Waals surface area contributed by atoms with Crippen LogP contribution in [0.4, 0.5) is 17.1 Å². The van der Waals surface area contributed by atoms with Gasteiger partial charge in [-0.3, -0.25) is 9.59 Å². The van der Waals surface area contributed by atoms with Crippen LogP contribution in [0.25, 0.3) is 0 Å². The van der Waals surface area contributed by atoms with Gasteiger partial charge in [-0.15, -0.1) is 0 Å². The quantitative estimate of drug-likeness (QED) is 0.395. The molecule has 0 heterocycles. The van der Waals surface area contributed by atoms with Crippen molar-refractivity contribution >= 4 is 40.5 Å². The Morgan fingerprint density at radius 2 is 1.66 bits per heavy atom. The van der Waals surface area contributed by atoms with Gasteiger partial charge in [0.05, 0.1) is 23.4 Å². The molecule has 0 aliphatic rings. The maximum absolute atomic E-state index is 12.6. The molecular weight excluding hydrogens is 434 g/mol. The number of methoxy groups -OCH3 is 1. The van der Waals surface area contributed by atoms with Crippen molar-refractivity contribution in [3.05, 3.63) is 82.9 Å². The van der Waals surface area contributed by atoms with Gasteiger partial charge in [0.15, 0.2) is 0 Å². The van der Waals surface area contributed by atoms with E-state index in [4.69, 9.17) is 22.1 Å². The zero-order chi connectivity index (χ0) is 20.1. The summed E-state index contributed by atoms with van der Waals surface area (Å²) in [6.07, 6.45) is 0. The molecule has 0 unspecified atom stereocenters. The average molecular weight is 452 g/mol. The fraction of sp³-hybridized carbons (Fsp3) is 0.0476. The zero-order valence-corrected chi connectivity index (χ0v) is 17.2. The molecule has 0 aliphatic heterocycles. The second-order valence-electron chi connectivity index (χ2n) is 5.92. The minimum atomic E-state index is -0.423. The SMILES string of the molecule is COc1ccc(C(=O)Nc2cc(NC(=O)c3ccccc3)ccc2Cl)c(N)c1.[Fe]. The van der Waals surface area contributed by atoms with Crippen LogP contribution in [0.5, 0.6) is 5.75 Å². The molecule has 0 fully saturated rings. The van der Waals surface area contributed by atoms with Crippen LogP contribution >= 0.6 is 11.6 Å². The van der Waals surface area contributed by atoms with E-state index in [2.05, 4.69) is 10.6 Å². The van der Waals surface area contributed by atoms with E-state index in [9.17, 15) is 9.59 Å². The number of hydrogen-bond donors (Lipinski definition) is 3. The van der Waals surface area contributed by atoms with Gasteiger partial charge in [0.25, 0.3) is 11.8 Å². The monoisotopic (exact) mass is 451 g/mol. The largest absolute Gasteiger partial charge is 0.497 e. The van der Waals surface area contributed by atoms with Crippen molar-refractivity contribution < 1.29 is 31.4 Å². The molecule has 0 spiro atoms. The fourth-order valence-electron chi connectivity index (χ4n) is 2.56. The van der Waals surface area contributed by atoms with E-state index in [1.165, 1.54) is 7.11 Å². The molecular formula is C21H18ClFeN3O3. The van der Waals surface area contributed by atoms with Crippen LogP contribution < -0.4 is 21.1 Å².